The molecule has 2 amide bonds. The van der Waals surface area contributed by atoms with E-state index in [1.54, 1.807) is 19.9 Å². The number of anilines is 1. The maximum absolute atomic E-state index is 13.9. The maximum atomic E-state index is 13.9. The number of aromatic nitrogens is 2. The van der Waals surface area contributed by atoms with Gasteiger partial charge in [0.1, 0.15) is 23.5 Å². The van der Waals surface area contributed by atoms with Crippen molar-refractivity contribution in [3.05, 3.63) is 70.4 Å². The Morgan fingerprint density at radius 2 is 1.76 bits per heavy atom. The number of benzene rings is 2. The van der Waals surface area contributed by atoms with E-state index in [2.05, 4.69) is 20.4 Å². The van der Waals surface area contributed by atoms with Crippen molar-refractivity contribution in [3.8, 4) is 5.75 Å². The van der Waals surface area contributed by atoms with Crippen LogP contribution in [0.25, 0.3) is 0 Å². The van der Waals surface area contributed by atoms with Crippen LogP contribution in [-0.2, 0) is 22.0 Å². The summed E-state index contributed by atoms with van der Waals surface area (Å²) in [5.74, 6) is -3.07. The second-order valence-corrected chi connectivity index (χ2v) is 13.3. The Labute approximate surface area is 242 Å². The Morgan fingerprint density at radius 3 is 2.40 bits per heavy atom. The van der Waals surface area contributed by atoms with E-state index < -0.39 is 43.8 Å². The lowest BCUT2D eigenvalue weighted by atomic mass is 9.84. The summed E-state index contributed by atoms with van der Waals surface area (Å²) in [6, 6.07) is 6.57. The highest BCUT2D eigenvalue weighted by Crippen LogP contribution is 2.38. The number of halogens is 2. The molecule has 2 aliphatic heterocycles. The van der Waals surface area contributed by atoms with Crippen LogP contribution in [0.3, 0.4) is 0 Å². The monoisotopic (exact) mass is 602 g/mol. The van der Waals surface area contributed by atoms with Crippen LogP contribution >= 0.6 is 0 Å². The number of piperidine rings is 1. The van der Waals surface area contributed by atoms with Crippen molar-refractivity contribution >= 4 is 27.7 Å². The number of nitrogens with two attached hydrogens (primary N) is 1. The number of ether oxygens (including phenoxy) is 1. The van der Waals surface area contributed by atoms with Crippen molar-refractivity contribution < 1.29 is 31.5 Å². The zero-order chi connectivity index (χ0) is 30.4. The van der Waals surface area contributed by atoms with Gasteiger partial charge in [-0.1, -0.05) is 13.8 Å². The molecule has 0 radical (unpaired) electrons. The molecule has 3 aromatic rings. The first-order valence-corrected chi connectivity index (χ1v) is 14.8. The molecule has 42 heavy (non-hydrogen) atoms. The molecule has 1 aromatic heterocycles. The fourth-order valence-electron chi connectivity index (χ4n) is 5.40. The first-order valence-electron chi connectivity index (χ1n) is 13.4. The largest absolute Gasteiger partial charge is 0.490 e. The predicted octanol–water partition coefficient (Wildman–Crippen LogP) is 2.99. The zero-order valence-electron chi connectivity index (χ0n) is 23.4. The number of hydrogen-bond acceptors (Lipinski definition) is 7. The number of primary amides is 1. The normalized spacial score (nSPS) is 17.9. The predicted molar refractivity (Wildman–Crippen MR) is 150 cm³/mol. The number of nitrogens with one attached hydrogen (secondary N) is 2. The summed E-state index contributed by atoms with van der Waals surface area (Å²) < 4.78 is 61.6. The van der Waals surface area contributed by atoms with Gasteiger partial charge in [0.2, 0.25) is 15.9 Å². The molecular weight excluding hydrogens is 570 g/mol. The molecule has 0 bridgehead atoms. The topological polar surface area (TPSA) is 151 Å². The van der Waals surface area contributed by atoms with Crippen LogP contribution in [0, 0.1) is 11.6 Å². The summed E-state index contributed by atoms with van der Waals surface area (Å²) in [7, 11) is -2.28. The van der Waals surface area contributed by atoms with Crippen molar-refractivity contribution in [2.45, 2.75) is 49.6 Å². The van der Waals surface area contributed by atoms with Crippen LogP contribution in [0.2, 0.25) is 0 Å². The molecule has 4 N–H and O–H groups in total. The zero-order valence-corrected chi connectivity index (χ0v) is 24.2. The summed E-state index contributed by atoms with van der Waals surface area (Å²) in [5, 5.41) is 9.74. The van der Waals surface area contributed by atoms with Gasteiger partial charge in [-0.2, -0.15) is 9.40 Å². The molecule has 0 saturated carbocycles. The summed E-state index contributed by atoms with van der Waals surface area (Å²) >= 11 is 0. The van der Waals surface area contributed by atoms with Gasteiger partial charge in [0, 0.05) is 48.9 Å². The molecule has 0 spiro atoms. The fourth-order valence-corrected chi connectivity index (χ4v) is 7.01. The van der Waals surface area contributed by atoms with Crippen molar-refractivity contribution in [2.75, 3.05) is 32.0 Å². The molecule has 1 saturated heterocycles. The van der Waals surface area contributed by atoms with E-state index in [-0.39, 0.29) is 36.1 Å². The summed E-state index contributed by atoms with van der Waals surface area (Å²) in [6.07, 6.45) is 1.63. The van der Waals surface area contributed by atoms with Crippen LogP contribution in [0.15, 0.2) is 41.3 Å². The summed E-state index contributed by atoms with van der Waals surface area (Å²) in [5.41, 5.74) is 5.72. The first kappa shape index (κ1) is 29.6. The number of nitrogens with zero attached hydrogens (tertiary/aromatic N) is 3. The molecule has 11 nitrogen and oxygen atoms in total. The molecule has 2 aliphatic rings. The van der Waals surface area contributed by atoms with E-state index in [1.165, 1.54) is 12.1 Å². The molecule has 224 valence electrons. The van der Waals surface area contributed by atoms with Gasteiger partial charge in [0.05, 0.1) is 16.0 Å². The Kier molecular flexibility index (Phi) is 7.81. The number of likely N-dealkylation sites (tertiary alicyclic amines) is 1. The van der Waals surface area contributed by atoms with E-state index in [1.807, 2.05) is 7.05 Å². The van der Waals surface area contributed by atoms with Crippen LogP contribution in [0.1, 0.15) is 58.7 Å². The van der Waals surface area contributed by atoms with E-state index >= 15 is 0 Å². The average Bonchev–Trinajstić information content (AvgIpc) is 3.32. The van der Waals surface area contributed by atoms with Crippen LogP contribution < -0.4 is 15.8 Å². The van der Waals surface area contributed by atoms with Crippen molar-refractivity contribution in [3.63, 3.8) is 0 Å². The van der Waals surface area contributed by atoms with Gasteiger partial charge in [-0.15, -0.1) is 0 Å². The van der Waals surface area contributed by atoms with Gasteiger partial charge in [-0.25, -0.2) is 17.2 Å². The smallest absolute Gasteiger partial charge is 0.257 e. The van der Waals surface area contributed by atoms with Gasteiger partial charge in [-0.3, -0.25) is 14.7 Å². The molecule has 3 heterocycles. The van der Waals surface area contributed by atoms with Crippen molar-refractivity contribution in [1.29, 1.82) is 0 Å². The minimum Gasteiger partial charge on any atom is -0.490 e. The Morgan fingerprint density at radius 1 is 1.10 bits per heavy atom. The van der Waals surface area contributed by atoms with Gasteiger partial charge in [0.25, 0.3) is 5.91 Å². The molecule has 0 aliphatic carbocycles. The molecule has 0 unspecified atom stereocenters. The van der Waals surface area contributed by atoms with E-state index in [9.17, 15) is 26.8 Å². The highest BCUT2D eigenvalue weighted by Gasteiger charge is 2.41. The number of aromatic amines is 1. The van der Waals surface area contributed by atoms with E-state index in [0.29, 0.717) is 23.1 Å². The Balaban J connectivity index is 1.40. The molecule has 2 aromatic carbocycles. The number of rotatable bonds is 7. The van der Waals surface area contributed by atoms with Crippen molar-refractivity contribution in [2.24, 2.45) is 5.73 Å². The number of hydrogen-bond donors (Lipinski definition) is 3. The molecule has 1 fully saturated rings. The van der Waals surface area contributed by atoms with Gasteiger partial charge >= 0.3 is 0 Å². The number of fused-ring (bicyclic) bond motifs is 1. The second-order valence-electron chi connectivity index (χ2n) is 11.3. The summed E-state index contributed by atoms with van der Waals surface area (Å²) in [6.45, 7) is 5.08. The number of carbonyl (C=O) groups excluding carboxylic acids is 2. The van der Waals surface area contributed by atoms with E-state index in [4.69, 9.17) is 10.5 Å². The first-order chi connectivity index (χ1) is 19.7. The minimum atomic E-state index is -4.31. The minimum absolute atomic E-state index is 0.00948. The van der Waals surface area contributed by atoms with Gasteiger partial charge in [-0.05, 0) is 50.2 Å². The van der Waals surface area contributed by atoms with Crippen LogP contribution in [-0.4, -0.2) is 72.4 Å². The SMILES string of the molecule is CN1CCC(Oc2ccc(C(=O)Nc3n[nH]c4c3CN(S(=O)(=O)c3cc(F)cc(F)c3)CC4(C)C)c(C(N)=O)c2)CC1. The van der Waals surface area contributed by atoms with Crippen molar-refractivity contribution in [1.82, 2.24) is 19.4 Å². The van der Waals surface area contributed by atoms with Gasteiger partial charge < -0.3 is 20.7 Å². The number of sulfonamides is 1. The number of amides is 2. The lowest BCUT2D eigenvalue weighted by molar-refractivity contribution is 0.0973. The van der Waals surface area contributed by atoms with Crippen LogP contribution in [0.4, 0.5) is 14.6 Å². The highest BCUT2D eigenvalue weighted by molar-refractivity contribution is 7.89. The Bertz CT molecular complexity index is 1630. The van der Waals surface area contributed by atoms with E-state index in [0.717, 1.165) is 42.4 Å². The summed E-state index contributed by atoms with van der Waals surface area (Å²) in [4.78, 5) is 27.3. The number of carbonyl (C=O) groups is 2. The van der Waals surface area contributed by atoms with Gasteiger partial charge in [0.15, 0.2) is 5.82 Å². The standard InChI is InChI=1S/C28H32F2N6O5S/c1-28(2)15-36(42(39,40)20-11-16(29)10-17(30)12-20)14-23-24(28)33-34-26(23)32-27(38)21-5-4-19(13-22(21)25(31)37)41-18-6-8-35(3)9-7-18/h4-5,10-13,18H,6-9,14-15H2,1-3H3,(H2,31,37)(H2,32,33,34,38). The average molecular weight is 603 g/mol. The molecule has 5 rings (SSSR count). The van der Waals surface area contributed by atoms with Crippen LogP contribution in [0.5, 0.6) is 5.75 Å². The molecule has 14 heteroatoms. The maximum Gasteiger partial charge on any atom is 0.257 e. The lowest BCUT2D eigenvalue weighted by Crippen LogP contribution is -2.45. The number of H-pyrrole nitrogens is 1. The Hall–Kier alpha value is -3.88. The third kappa shape index (κ3) is 5.87. The highest BCUT2D eigenvalue weighted by atomic mass is 32.2. The molecule has 0 atom stereocenters. The second kappa shape index (κ2) is 11.1. The lowest BCUT2D eigenvalue weighted by Gasteiger charge is -2.36. The quantitative estimate of drug-likeness (QED) is 0.376. The third-order valence-electron chi connectivity index (χ3n) is 7.63. The fraction of sp³-hybridized carbons (Fsp3) is 0.393. The third-order valence-corrected chi connectivity index (χ3v) is 9.39. The molecular formula is C28H32F2N6O5S.